The number of hydrogen-bond donors (Lipinski definition) is 1. The van der Waals surface area contributed by atoms with Crippen LogP contribution in [-0.2, 0) is 5.54 Å². The average Bonchev–Trinajstić information content (AvgIpc) is 2.50. The van der Waals surface area contributed by atoms with Crippen molar-refractivity contribution in [3.63, 3.8) is 0 Å². The van der Waals surface area contributed by atoms with E-state index in [1.807, 2.05) is 24.5 Å². The van der Waals surface area contributed by atoms with Gasteiger partial charge in [0.2, 0.25) is 0 Å². The highest BCUT2D eigenvalue weighted by atomic mass is 14.8. The molecule has 13 heavy (non-hydrogen) atoms. The van der Waals surface area contributed by atoms with Crippen molar-refractivity contribution in [3.8, 4) is 0 Å². The van der Waals surface area contributed by atoms with Crippen molar-refractivity contribution >= 4 is 0 Å². The summed E-state index contributed by atoms with van der Waals surface area (Å²) >= 11 is 0. The molecule has 2 rings (SSSR count). The van der Waals surface area contributed by atoms with Gasteiger partial charge in [-0.05, 0) is 36.5 Å². The third-order valence-electron chi connectivity index (χ3n) is 3.32. The topological polar surface area (TPSA) is 38.9 Å². The van der Waals surface area contributed by atoms with Gasteiger partial charge in [0.25, 0.3) is 0 Å². The van der Waals surface area contributed by atoms with Crippen molar-refractivity contribution in [2.24, 2.45) is 11.7 Å². The zero-order chi connectivity index (χ0) is 9.31. The van der Waals surface area contributed by atoms with Gasteiger partial charge in [-0.15, -0.1) is 0 Å². The smallest absolute Gasteiger partial charge is 0.0436 e. The molecule has 1 aliphatic rings. The van der Waals surface area contributed by atoms with Crippen molar-refractivity contribution in [3.05, 3.63) is 30.1 Å². The molecule has 1 fully saturated rings. The van der Waals surface area contributed by atoms with Crippen LogP contribution in [0, 0.1) is 5.92 Å². The predicted molar refractivity (Wildman–Crippen MR) is 53.1 cm³/mol. The molecule has 2 atom stereocenters. The summed E-state index contributed by atoms with van der Waals surface area (Å²) in [6, 6.07) is 4.09. The number of aromatic nitrogens is 1. The van der Waals surface area contributed by atoms with E-state index in [-0.39, 0.29) is 5.54 Å². The van der Waals surface area contributed by atoms with E-state index >= 15 is 0 Å². The van der Waals surface area contributed by atoms with Crippen LogP contribution in [0.15, 0.2) is 24.5 Å². The summed E-state index contributed by atoms with van der Waals surface area (Å²) in [6.45, 7) is 2.24. The Morgan fingerprint density at radius 2 is 2.15 bits per heavy atom. The van der Waals surface area contributed by atoms with E-state index in [0.29, 0.717) is 5.92 Å². The van der Waals surface area contributed by atoms with Gasteiger partial charge in [0.15, 0.2) is 0 Å². The van der Waals surface area contributed by atoms with Crippen molar-refractivity contribution in [1.82, 2.24) is 4.98 Å². The van der Waals surface area contributed by atoms with Gasteiger partial charge in [0.1, 0.15) is 0 Å². The molecule has 0 amide bonds. The van der Waals surface area contributed by atoms with E-state index in [4.69, 9.17) is 5.73 Å². The Hall–Kier alpha value is -0.890. The summed E-state index contributed by atoms with van der Waals surface area (Å²) in [5, 5.41) is 0. The van der Waals surface area contributed by atoms with Gasteiger partial charge in [-0.2, -0.15) is 0 Å². The van der Waals surface area contributed by atoms with E-state index in [1.165, 1.54) is 18.4 Å². The van der Waals surface area contributed by atoms with Crippen LogP contribution in [0.3, 0.4) is 0 Å². The Balaban J connectivity index is 2.34. The summed E-state index contributed by atoms with van der Waals surface area (Å²) in [5.41, 5.74) is 7.54. The molecule has 2 N–H and O–H groups in total. The molecule has 0 aliphatic heterocycles. The van der Waals surface area contributed by atoms with E-state index in [1.54, 1.807) is 0 Å². The second-order valence-electron chi connectivity index (χ2n) is 4.07. The van der Waals surface area contributed by atoms with Gasteiger partial charge >= 0.3 is 0 Å². The normalized spacial score (nSPS) is 33.5. The Kier molecular flexibility index (Phi) is 2.08. The van der Waals surface area contributed by atoms with Gasteiger partial charge in [0.05, 0.1) is 0 Å². The number of pyridine rings is 1. The summed E-state index contributed by atoms with van der Waals surface area (Å²) in [5.74, 6) is 0.592. The molecule has 1 heterocycles. The maximum atomic E-state index is 6.40. The minimum Gasteiger partial charge on any atom is -0.321 e. The Morgan fingerprint density at radius 3 is 2.69 bits per heavy atom. The zero-order valence-electron chi connectivity index (χ0n) is 8.03. The first-order valence-corrected chi connectivity index (χ1v) is 4.93. The number of nitrogens with zero attached hydrogens (tertiary/aromatic N) is 1. The fourth-order valence-corrected chi connectivity index (χ4v) is 2.30. The monoisotopic (exact) mass is 176 g/mol. The largest absolute Gasteiger partial charge is 0.321 e. The molecule has 0 saturated heterocycles. The summed E-state index contributed by atoms with van der Waals surface area (Å²) in [7, 11) is 0. The van der Waals surface area contributed by atoms with Crippen molar-refractivity contribution in [1.29, 1.82) is 0 Å². The molecule has 2 nitrogen and oxygen atoms in total. The van der Waals surface area contributed by atoms with Crippen LogP contribution >= 0.6 is 0 Å². The molecule has 0 spiro atoms. The fourth-order valence-electron chi connectivity index (χ4n) is 2.30. The molecule has 0 aromatic carbocycles. The average molecular weight is 176 g/mol. The maximum absolute atomic E-state index is 6.40. The maximum Gasteiger partial charge on any atom is 0.0436 e. The lowest BCUT2D eigenvalue weighted by Gasteiger charge is -2.29. The zero-order valence-corrected chi connectivity index (χ0v) is 8.03. The Bertz CT molecular complexity index is 283. The molecule has 0 bridgehead atoms. The van der Waals surface area contributed by atoms with Crippen molar-refractivity contribution < 1.29 is 0 Å². The number of rotatable bonds is 1. The molecule has 0 radical (unpaired) electrons. The van der Waals surface area contributed by atoms with Gasteiger partial charge in [0, 0.05) is 17.9 Å². The minimum atomic E-state index is -0.0943. The molecule has 2 heteroatoms. The van der Waals surface area contributed by atoms with Gasteiger partial charge in [-0.3, -0.25) is 4.98 Å². The lowest BCUT2D eigenvalue weighted by Crippen LogP contribution is -2.38. The van der Waals surface area contributed by atoms with Crippen molar-refractivity contribution in [2.75, 3.05) is 0 Å². The van der Waals surface area contributed by atoms with Crippen LogP contribution in [0.5, 0.6) is 0 Å². The molecular formula is C11H16N2. The Labute approximate surface area is 79.2 Å². The third kappa shape index (κ3) is 1.35. The summed E-state index contributed by atoms with van der Waals surface area (Å²) in [4.78, 5) is 4.02. The second kappa shape index (κ2) is 3.11. The first-order valence-electron chi connectivity index (χ1n) is 4.93. The lowest BCUT2D eigenvalue weighted by atomic mass is 9.83. The van der Waals surface area contributed by atoms with Gasteiger partial charge in [-0.1, -0.05) is 13.3 Å². The molecular weight excluding hydrogens is 160 g/mol. The molecule has 1 saturated carbocycles. The third-order valence-corrected chi connectivity index (χ3v) is 3.32. The van der Waals surface area contributed by atoms with E-state index in [2.05, 4.69) is 11.9 Å². The molecule has 70 valence electrons. The standard InChI is InChI=1S/C11H16N2/c1-9-3-2-6-11(9,12)10-4-7-13-8-5-10/h4-5,7-9H,2-3,6,12H2,1H3. The quantitative estimate of drug-likeness (QED) is 0.711. The molecule has 1 aliphatic carbocycles. The van der Waals surface area contributed by atoms with E-state index in [9.17, 15) is 0 Å². The van der Waals surface area contributed by atoms with Gasteiger partial charge < -0.3 is 5.73 Å². The summed E-state index contributed by atoms with van der Waals surface area (Å²) < 4.78 is 0. The lowest BCUT2D eigenvalue weighted by molar-refractivity contribution is 0.349. The first kappa shape index (κ1) is 8.70. The molecule has 1 aromatic rings. The highest BCUT2D eigenvalue weighted by molar-refractivity contribution is 5.23. The SMILES string of the molecule is CC1CCCC1(N)c1ccncc1. The second-order valence-corrected chi connectivity index (χ2v) is 4.07. The van der Waals surface area contributed by atoms with E-state index in [0.717, 1.165) is 6.42 Å². The highest BCUT2D eigenvalue weighted by Crippen LogP contribution is 2.40. The van der Waals surface area contributed by atoms with Gasteiger partial charge in [-0.25, -0.2) is 0 Å². The fraction of sp³-hybridized carbons (Fsp3) is 0.545. The van der Waals surface area contributed by atoms with Crippen molar-refractivity contribution in [2.45, 2.75) is 31.7 Å². The van der Waals surface area contributed by atoms with E-state index < -0.39 is 0 Å². The highest BCUT2D eigenvalue weighted by Gasteiger charge is 2.37. The van der Waals surface area contributed by atoms with Crippen LogP contribution < -0.4 is 5.73 Å². The van der Waals surface area contributed by atoms with Crippen LogP contribution in [0.1, 0.15) is 31.7 Å². The Morgan fingerprint density at radius 1 is 1.46 bits per heavy atom. The summed E-state index contributed by atoms with van der Waals surface area (Å²) in [6.07, 6.45) is 7.26. The van der Waals surface area contributed by atoms with Crippen LogP contribution in [0.25, 0.3) is 0 Å². The van der Waals surface area contributed by atoms with Crippen LogP contribution in [-0.4, -0.2) is 4.98 Å². The molecule has 2 unspecified atom stereocenters. The number of nitrogens with two attached hydrogens (primary N) is 1. The van der Waals surface area contributed by atoms with Crippen LogP contribution in [0.2, 0.25) is 0 Å². The number of hydrogen-bond acceptors (Lipinski definition) is 2. The minimum absolute atomic E-state index is 0.0943. The molecule has 1 aromatic heterocycles. The predicted octanol–water partition coefficient (Wildman–Crippen LogP) is 2.06. The van der Waals surface area contributed by atoms with Crippen LogP contribution in [0.4, 0.5) is 0 Å². The first-order chi connectivity index (χ1) is 6.23.